The second-order valence-corrected chi connectivity index (χ2v) is 6.91. The number of carbonyl (C=O) groups is 1. The fraction of sp³-hybridized carbons (Fsp3) is 0.300. The van der Waals surface area contributed by atoms with Crippen LogP contribution in [-0.4, -0.2) is 34.9 Å². The zero-order chi connectivity index (χ0) is 20.5. The van der Waals surface area contributed by atoms with E-state index in [0.29, 0.717) is 23.5 Å². The Labute approximate surface area is 166 Å². The summed E-state index contributed by atoms with van der Waals surface area (Å²) >= 11 is 0. The Kier molecular flexibility index (Phi) is 4.79. The van der Waals surface area contributed by atoms with Crippen LogP contribution in [0.4, 0.5) is 0 Å². The number of carbonyl (C=O) groups excluding carboxylic acids is 1. The number of rotatable bonds is 5. The molecular weight excluding hydrogens is 372 g/mol. The first-order valence-corrected chi connectivity index (χ1v) is 9.23. The number of nitrogens with zero attached hydrogens (tertiary/aromatic N) is 6. The molecule has 4 aromatic heterocycles. The number of aryl methyl sites for hydroxylation is 3. The van der Waals surface area contributed by atoms with E-state index in [9.17, 15) is 9.59 Å². The largest absolute Gasteiger partial charge is 0.459 e. The van der Waals surface area contributed by atoms with Crippen LogP contribution in [0.1, 0.15) is 34.6 Å². The first kappa shape index (κ1) is 18.7. The lowest BCUT2D eigenvalue weighted by Crippen LogP contribution is -2.17. The van der Waals surface area contributed by atoms with E-state index in [1.165, 1.54) is 16.8 Å². The molecule has 0 fully saturated rings. The van der Waals surface area contributed by atoms with Crippen molar-refractivity contribution >= 4 is 17.4 Å². The van der Waals surface area contributed by atoms with E-state index in [-0.39, 0.29) is 24.6 Å². The van der Waals surface area contributed by atoms with Crippen LogP contribution >= 0.6 is 0 Å². The predicted octanol–water partition coefficient (Wildman–Crippen LogP) is 1.73. The van der Waals surface area contributed by atoms with Crippen molar-refractivity contribution in [3.8, 4) is 0 Å². The molecule has 0 bridgehead atoms. The molecule has 9 heteroatoms. The van der Waals surface area contributed by atoms with E-state index in [2.05, 4.69) is 20.1 Å². The number of hydrogen-bond acceptors (Lipinski definition) is 7. The van der Waals surface area contributed by atoms with Crippen LogP contribution in [0, 0.1) is 20.8 Å². The molecule has 4 rings (SSSR count). The van der Waals surface area contributed by atoms with Crippen molar-refractivity contribution in [1.29, 1.82) is 0 Å². The maximum absolute atomic E-state index is 12.2. The van der Waals surface area contributed by atoms with E-state index in [1.54, 1.807) is 16.8 Å². The Hall–Kier alpha value is -3.62. The molecule has 0 aliphatic carbocycles. The lowest BCUT2D eigenvalue weighted by Gasteiger charge is -2.10. The summed E-state index contributed by atoms with van der Waals surface area (Å²) in [7, 11) is 0. The monoisotopic (exact) mass is 392 g/mol. The van der Waals surface area contributed by atoms with Crippen molar-refractivity contribution in [1.82, 2.24) is 29.0 Å². The van der Waals surface area contributed by atoms with Crippen LogP contribution in [0.25, 0.3) is 11.4 Å². The van der Waals surface area contributed by atoms with Crippen LogP contribution < -0.4 is 5.56 Å². The van der Waals surface area contributed by atoms with Gasteiger partial charge in [0.05, 0.1) is 5.69 Å². The fourth-order valence-corrected chi connectivity index (χ4v) is 3.30. The van der Waals surface area contributed by atoms with Crippen LogP contribution in [0.5, 0.6) is 0 Å². The second-order valence-electron chi connectivity index (χ2n) is 6.91. The zero-order valence-electron chi connectivity index (χ0n) is 16.4. The van der Waals surface area contributed by atoms with Gasteiger partial charge in [-0.1, -0.05) is 6.07 Å². The van der Waals surface area contributed by atoms with Crippen LogP contribution in [-0.2, 0) is 22.6 Å². The highest BCUT2D eigenvalue weighted by Crippen LogP contribution is 2.15. The smallest absolute Gasteiger partial charge is 0.306 e. The Bertz CT molecular complexity index is 1290. The van der Waals surface area contributed by atoms with Gasteiger partial charge in [-0.25, -0.2) is 14.5 Å². The number of hydrogen-bond donors (Lipinski definition) is 0. The third kappa shape index (κ3) is 3.71. The molecule has 0 amide bonds. The van der Waals surface area contributed by atoms with E-state index >= 15 is 0 Å². The van der Waals surface area contributed by atoms with E-state index in [4.69, 9.17) is 4.74 Å². The summed E-state index contributed by atoms with van der Waals surface area (Å²) in [5, 5.41) is 4.15. The topological polar surface area (TPSA) is 104 Å². The summed E-state index contributed by atoms with van der Waals surface area (Å²) in [5.41, 5.74) is 4.36. The highest BCUT2D eigenvalue weighted by atomic mass is 16.5. The second kappa shape index (κ2) is 7.42. The Morgan fingerprint density at radius 2 is 2.00 bits per heavy atom. The number of fused-ring (bicyclic) bond motifs is 2. The molecule has 29 heavy (non-hydrogen) atoms. The predicted molar refractivity (Wildman–Crippen MR) is 105 cm³/mol. The summed E-state index contributed by atoms with van der Waals surface area (Å²) in [6.07, 6.45) is 3.85. The summed E-state index contributed by atoms with van der Waals surface area (Å²) < 4.78 is 8.45. The van der Waals surface area contributed by atoms with Gasteiger partial charge in [0.15, 0.2) is 0 Å². The molecule has 4 aromatic rings. The maximum Gasteiger partial charge on any atom is 0.306 e. The van der Waals surface area contributed by atoms with Crippen molar-refractivity contribution in [2.45, 2.75) is 40.2 Å². The maximum atomic E-state index is 12.2. The molecule has 0 aliphatic rings. The van der Waals surface area contributed by atoms with Crippen molar-refractivity contribution < 1.29 is 9.53 Å². The lowest BCUT2D eigenvalue weighted by atomic mass is 10.1. The first-order chi connectivity index (χ1) is 13.9. The van der Waals surface area contributed by atoms with Crippen LogP contribution in [0.3, 0.4) is 0 Å². The lowest BCUT2D eigenvalue weighted by molar-refractivity contribution is -0.145. The molecule has 9 nitrogen and oxygen atoms in total. The van der Waals surface area contributed by atoms with Gasteiger partial charge in [-0.05, 0) is 44.4 Å². The SMILES string of the molecule is Cc1ccc2nc(COC(=O)CCc3c(C)nc4ncnn4c3C)cc(=O)n2c1. The highest BCUT2D eigenvalue weighted by Gasteiger charge is 2.13. The number of aromatic nitrogens is 6. The van der Waals surface area contributed by atoms with Gasteiger partial charge in [-0.2, -0.15) is 10.1 Å². The molecule has 0 aliphatic heterocycles. The Morgan fingerprint density at radius 1 is 1.17 bits per heavy atom. The van der Waals surface area contributed by atoms with Gasteiger partial charge in [0, 0.05) is 30.1 Å². The van der Waals surface area contributed by atoms with Crippen LogP contribution in [0.15, 0.2) is 35.5 Å². The zero-order valence-corrected chi connectivity index (χ0v) is 16.4. The van der Waals surface area contributed by atoms with Crippen LogP contribution in [0.2, 0.25) is 0 Å². The molecular formula is C20H20N6O3. The molecule has 148 valence electrons. The summed E-state index contributed by atoms with van der Waals surface area (Å²) in [4.78, 5) is 37.3. The van der Waals surface area contributed by atoms with Crippen molar-refractivity contribution in [3.63, 3.8) is 0 Å². The Balaban J connectivity index is 1.43. The summed E-state index contributed by atoms with van der Waals surface area (Å²) in [6.45, 7) is 5.67. The molecule has 0 saturated carbocycles. The van der Waals surface area contributed by atoms with E-state index in [1.807, 2.05) is 26.8 Å². The minimum Gasteiger partial charge on any atom is -0.459 e. The molecule has 0 spiro atoms. The fourth-order valence-electron chi connectivity index (χ4n) is 3.30. The molecule has 0 unspecified atom stereocenters. The average molecular weight is 392 g/mol. The number of pyridine rings is 1. The van der Waals surface area contributed by atoms with Crippen molar-refractivity contribution in [3.05, 3.63) is 69.3 Å². The minimum atomic E-state index is -0.367. The highest BCUT2D eigenvalue weighted by molar-refractivity contribution is 5.69. The summed E-state index contributed by atoms with van der Waals surface area (Å²) in [5.74, 6) is 0.170. The van der Waals surface area contributed by atoms with Gasteiger partial charge >= 0.3 is 5.97 Å². The van der Waals surface area contributed by atoms with Gasteiger partial charge in [0.2, 0.25) is 0 Å². The standard InChI is InChI=1S/C20H20N6O3/c1-12-4-6-17-24-15(8-18(27)25(17)9-12)10-29-19(28)7-5-16-13(2)23-20-21-11-22-26(20)14(16)3/h4,6,8-9,11H,5,7,10H2,1-3H3. The van der Waals surface area contributed by atoms with E-state index < -0.39 is 0 Å². The first-order valence-electron chi connectivity index (χ1n) is 9.23. The van der Waals surface area contributed by atoms with Gasteiger partial charge in [0.1, 0.15) is 18.6 Å². The molecule has 0 aromatic carbocycles. The number of ether oxygens (including phenoxy) is 1. The van der Waals surface area contributed by atoms with Gasteiger partial charge in [0.25, 0.3) is 11.3 Å². The van der Waals surface area contributed by atoms with Gasteiger partial charge in [-0.15, -0.1) is 0 Å². The molecule has 0 N–H and O–H groups in total. The van der Waals surface area contributed by atoms with Gasteiger partial charge in [-0.3, -0.25) is 14.0 Å². The quantitative estimate of drug-likeness (QED) is 0.477. The molecule has 0 atom stereocenters. The third-order valence-corrected chi connectivity index (χ3v) is 4.81. The molecule has 0 saturated heterocycles. The van der Waals surface area contributed by atoms with E-state index in [0.717, 1.165) is 22.5 Å². The third-order valence-electron chi connectivity index (χ3n) is 4.81. The average Bonchev–Trinajstić information content (AvgIpc) is 3.15. The van der Waals surface area contributed by atoms with Gasteiger partial charge < -0.3 is 4.74 Å². The number of esters is 1. The van der Waals surface area contributed by atoms with Crippen molar-refractivity contribution in [2.75, 3.05) is 0 Å². The molecule has 0 radical (unpaired) electrons. The minimum absolute atomic E-state index is 0.0449. The summed E-state index contributed by atoms with van der Waals surface area (Å²) in [6, 6.07) is 5.03. The van der Waals surface area contributed by atoms with Crippen molar-refractivity contribution in [2.24, 2.45) is 0 Å². The Morgan fingerprint density at radius 3 is 2.83 bits per heavy atom. The molecule has 4 heterocycles. The normalized spacial score (nSPS) is 11.3.